The van der Waals surface area contributed by atoms with Crippen LogP contribution in [-0.4, -0.2) is 10.8 Å². The lowest BCUT2D eigenvalue weighted by Gasteiger charge is -2.24. The van der Waals surface area contributed by atoms with Gasteiger partial charge in [-0.25, -0.2) is 4.39 Å². The Hall–Kier alpha value is -3.38. The van der Waals surface area contributed by atoms with Gasteiger partial charge in [0, 0.05) is 5.02 Å². The number of hydrogen-bond acceptors (Lipinski definition) is 4. The van der Waals surface area contributed by atoms with E-state index in [0.29, 0.717) is 16.3 Å². The number of hydrogen-bond donors (Lipinski definition) is 0. The molecular weight excluding hydrogens is 397 g/mol. The molecule has 0 fully saturated rings. The maximum atomic E-state index is 13.8. The van der Waals surface area contributed by atoms with Crippen LogP contribution in [0.4, 0.5) is 4.39 Å². The molecule has 1 amide bonds. The Kier molecular flexibility index (Phi) is 4.03. The molecular formula is C22H13ClFNO4. The van der Waals surface area contributed by atoms with Crippen LogP contribution in [0.3, 0.4) is 0 Å². The molecule has 144 valence electrons. The normalized spacial score (nSPS) is 15.9. The molecule has 2 aromatic carbocycles. The lowest BCUT2D eigenvalue weighted by atomic mass is 9.98. The number of carbonyl (C=O) groups is 1. The van der Waals surface area contributed by atoms with Gasteiger partial charge in [-0.2, -0.15) is 0 Å². The van der Waals surface area contributed by atoms with Gasteiger partial charge in [0.25, 0.3) is 5.91 Å². The first-order valence-electron chi connectivity index (χ1n) is 8.88. The van der Waals surface area contributed by atoms with E-state index < -0.39 is 23.2 Å². The zero-order valence-corrected chi connectivity index (χ0v) is 15.7. The molecule has 0 saturated carbocycles. The number of benzene rings is 2. The summed E-state index contributed by atoms with van der Waals surface area (Å²) in [6.07, 6.45) is 1.51. The number of fused-ring (bicyclic) bond motifs is 2. The molecule has 0 bridgehead atoms. The smallest absolute Gasteiger partial charge is 0.291 e. The van der Waals surface area contributed by atoms with Crippen molar-refractivity contribution in [1.29, 1.82) is 0 Å². The highest BCUT2D eigenvalue weighted by Crippen LogP contribution is 2.39. The van der Waals surface area contributed by atoms with Gasteiger partial charge in [0.2, 0.25) is 5.76 Å². The third kappa shape index (κ3) is 2.84. The van der Waals surface area contributed by atoms with Crippen molar-refractivity contribution in [2.75, 3.05) is 0 Å². The van der Waals surface area contributed by atoms with E-state index in [-0.39, 0.29) is 28.8 Å². The first-order valence-corrected chi connectivity index (χ1v) is 9.26. The second-order valence-electron chi connectivity index (χ2n) is 6.78. The Morgan fingerprint density at radius 2 is 1.86 bits per heavy atom. The van der Waals surface area contributed by atoms with Crippen LogP contribution in [0.15, 0.2) is 74.5 Å². The van der Waals surface area contributed by atoms with Crippen LogP contribution in [0.25, 0.3) is 11.0 Å². The molecule has 5 rings (SSSR count). The summed E-state index contributed by atoms with van der Waals surface area (Å²) in [4.78, 5) is 28.0. The molecule has 0 aliphatic carbocycles. The number of amides is 1. The number of halogens is 2. The first-order chi connectivity index (χ1) is 14.0. The van der Waals surface area contributed by atoms with E-state index in [2.05, 4.69) is 0 Å². The van der Waals surface area contributed by atoms with Crippen LogP contribution in [0.1, 0.15) is 33.5 Å². The molecule has 0 spiro atoms. The highest BCUT2D eigenvalue weighted by molar-refractivity contribution is 6.30. The predicted molar refractivity (Wildman–Crippen MR) is 104 cm³/mol. The Balaban J connectivity index is 1.75. The molecule has 0 N–H and O–H groups in total. The molecule has 1 aliphatic rings. The van der Waals surface area contributed by atoms with Gasteiger partial charge < -0.3 is 13.7 Å². The Morgan fingerprint density at radius 1 is 1.07 bits per heavy atom. The molecule has 0 unspecified atom stereocenters. The summed E-state index contributed by atoms with van der Waals surface area (Å²) >= 11 is 6.01. The van der Waals surface area contributed by atoms with Crippen LogP contribution in [0.2, 0.25) is 5.02 Å². The maximum Gasteiger partial charge on any atom is 0.291 e. The summed E-state index contributed by atoms with van der Waals surface area (Å²) in [6.45, 7) is 0.146. The largest absolute Gasteiger partial charge is 0.467 e. The van der Waals surface area contributed by atoms with Crippen molar-refractivity contribution >= 4 is 28.5 Å². The third-order valence-corrected chi connectivity index (χ3v) is 5.27. The van der Waals surface area contributed by atoms with Crippen LogP contribution in [0, 0.1) is 5.82 Å². The van der Waals surface area contributed by atoms with Crippen molar-refractivity contribution in [3.63, 3.8) is 0 Å². The van der Waals surface area contributed by atoms with E-state index in [9.17, 15) is 14.0 Å². The fourth-order valence-electron chi connectivity index (χ4n) is 3.72. The lowest BCUT2D eigenvalue weighted by Crippen LogP contribution is -2.29. The van der Waals surface area contributed by atoms with Crippen molar-refractivity contribution in [2.45, 2.75) is 12.6 Å². The molecule has 5 nitrogen and oxygen atoms in total. The lowest BCUT2D eigenvalue weighted by molar-refractivity contribution is 0.0701. The Morgan fingerprint density at radius 3 is 2.59 bits per heavy atom. The predicted octanol–water partition coefficient (Wildman–Crippen LogP) is 4.92. The molecule has 1 aliphatic heterocycles. The number of carbonyl (C=O) groups excluding carboxylic acids is 1. The van der Waals surface area contributed by atoms with Crippen LogP contribution in [-0.2, 0) is 6.54 Å². The molecule has 0 radical (unpaired) electrons. The van der Waals surface area contributed by atoms with Gasteiger partial charge >= 0.3 is 0 Å². The highest BCUT2D eigenvalue weighted by atomic mass is 35.5. The summed E-state index contributed by atoms with van der Waals surface area (Å²) in [7, 11) is 0. The monoisotopic (exact) mass is 409 g/mol. The maximum absolute atomic E-state index is 13.8. The van der Waals surface area contributed by atoms with E-state index in [1.807, 2.05) is 0 Å². The van der Waals surface area contributed by atoms with Crippen LogP contribution < -0.4 is 5.43 Å². The van der Waals surface area contributed by atoms with Crippen molar-refractivity contribution in [3.05, 3.63) is 105 Å². The van der Waals surface area contributed by atoms with Gasteiger partial charge in [0.05, 0.1) is 29.8 Å². The Bertz CT molecular complexity index is 1300. The van der Waals surface area contributed by atoms with Crippen molar-refractivity contribution < 1.29 is 18.0 Å². The quantitative estimate of drug-likeness (QED) is 0.481. The zero-order chi connectivity index (χ0) is 20.1. The van der Waals surface area contributed by atoms with Gasteiger partial charge in [-0.15, -0.1) is 0 Å². The van der Waals surface area contributed by atoms with Crippen molar-refractivity contribution in [1.82, 2.24) is 4.90 Å². The van der Waals surface area contributed by atoms with E-state index in [1.165, 1.54) is 23.3 Å². The SMILES string of the molecule is O=C1c2oc3ccc(F)cc3c(=O)c2[C@H](c2ccc(Cl)cc2)N1Cc1ccco1. The average molecular weight is 410 g/mol. The molecule has 0 saturated heterocycles. The van der Waals surface area contributed by atoms with E-state index in [4.69, 9.17) is 20.4 Å². The molecule has 3 heterocycles. The van der Waals surface area contributed by atoms with Crippen LogP contribution >= 0.6 is 11.6 Å². The Labute approximate surface area is 168 Å². The number of furan rings is 1. The van der Waals surface area contributed by atoms with Crippen LogP contribution in [0.5, 0.6) is 0 Å². The minimum Gasteiger partial charge on any atom is -0.467 e. The summed E-state index contributed by atoms with van der Waals surface area (Å²) in [5.41, 5.74) is 0.604. The standard InChI is InChI=1S/C22H13ClFNO4/c23-13-5-3-12(4-6-13)19-18-20(26)16-10-14(24)7-8-17(16)29-21(18)22(27)25(19)11-15-2-1-9-28-15/h1-10,19H,11H2/t19-/m0/s1. The average Bonchev–Trinajstić information content (AvgIpc) is 3.32. The van der Waals surface area contributed by atoms with E-state index in [0.717, 1.165) is 6.07 Å². The fourth-order valence-corrected chi connectivity index (χ4v) is 3.84. The molecule has 1 atom stereocenters. The highest BCUT2D eigenvalue weighted by Gasteiger charge is 2.43. The molecule has 2 aromatic heterocycles. The zero-order valence-electron chi connectivity index (χ0n) is 14.9. The number of nitrogens with zero attached hydrogens (tertiary/aromatic N) is 1. The molecule has 29 heavy (non-hydrogen) atoms. The van der Waals surface area contributed by atoms with Gasteiger partial charge in [0.1, 0.15) is 17.2 Å². The van der Waals surface area contributed by atoms with E-state index in [1.54, 1.807) is 36.4 Å². The molecule has 7 heteroatoms. The van der Waals surface area contributed by atoms with Crippen molar-refractivity contribution in [3.8, 4) is 0 Å². The van der Waals surface area contributed by atoms with E-state index >= 15 is 0 Å². The topological polar surface area (TPSA) is 63.7 Å². The summed E-state index contributed by atoms with van der Waals surface area (Å²) < 4.78 is 24.9. The summed E-state index contributed by atoms with van der Waals surface area (Å²) in [5.74, 6) is -0.460. The van der Waals surface area contributed by atoms with Gasteiger partial charge in [-0.1, -0.05) is 23.7 Å². The second kappa shape index (κ2) is 6.60. The van der Waals surface area contributed by atoms with Gasteiger partial charge in [0.15, 0.2) is 5.43 Å². The third-order valence-electron chi connectivity index (χ3n) is 5.02. The fraction of sp³-hybridized carbons (Fsp3) is 0.0909. The minimum absolute atomic E-state index is 0.0411. The second-order valence-corrected chi connectivity index (χ2v) is 7.22. The van der Waals surface area contributed by atoms with Gasteiger partial charge in [-0.05, 0) is 48.0 Å². The van der Waals surface area contributed by atoms with Gasteiger partial charge in [-0.3, -0.25) is 9.59 Å². The summed E-state index contributed by atoms with van der Waals surface area (Å²) in [6, 6.07) is 13.3. The number of rotatable bonds is 3. The molecule has 4 aromatic rings. The first kappa shape index (κ1) is 17.7. The van der Waals surface area contributed by atoms with Crippen molar-refractivity contribution in [2.24, 2.45) is 0 Å². The summed E-state index contributed by atoms with van der Waals surface area (Å²) in [5, 5.41) is 0.624. The minimum atomic E-state index is -0.705.